The molecule has 0 radical (unpaired) electrons. The first-order valence-corrected chi connectivity index (χ1v) is 9.38. The minimum absolute atomic E-state index is 0.0191. The quantitative estimate of drug-likeness (QED) is 0.486. The number of rotatable bonds is 5. The Bertz CT molecular complexity index is 827. The van der Waals surface area contributed by atoms with Crippen LogP contribution in [0.3, 0.4) is 0 Å². The van der Waals surface area contributed by atoms with Gasteiger partial charge in [-0.15, -0.1) is 11.6 Å². The molecule has 0 heterocycles. The summed E-state index contributed by atoms with van der Waals surface area (Å²) in [6.07, 6.45) is -0.853. The minimum atomic E-state index is -0.937. The van der Waals surface area contributed by atoms with Gasteiger partial charge in [-0.3, -0.25) is 10.1 Å². The molecule has 0 bridgehead atoms. The third kappa shape index (κ3) is 5.76. The normalized spacial score (nSPS) is 11.0. The number of alkyl halides is 1. The molecule has 5 nitrogen and oxygen atoms in total. The second kappa shape index (κ2) is 9.31. The fourth-order valence-electron chi connectivity index (χ4n) is 2.12. The first-order valence-electron chi connectivity index (χ1n) is 8.09. The van der Waals surface area contributed by atoms with Crippen molar-refractivity contribution in [2.75, 3.05) is 11.2 Å². The predicted molar refractivity (Wildman–Crippen MR) is 108 cm³/mol. The molecular formula is C19H19Cl3N2O3. The molecule has 0 atom stereocenters. The number of halogens is 3. The van der Waals surface area contributed by atoms with Gasteiger partial charge in [-0.1, -0.05) is 53.5 Å². The molecule has 0 spiro atoms. The highest BCUT2D eigenvalue weighted by molar-refractivity contribution is 6.33. The zero-order valence-corrected chi connectivity index (χ0v) is 17.1. The molecule has 0 aliphatic rings. The van der Waals surface area contributed by atoms with Gasteiger partial charge in [-0.2, -0.15) is 5.06 Å². The summed E-state index contributed by atoms with van der Waals surface area (Å²) < 4.78 is 0. The smallest absolute Gasteiger partial charge is 0.318 e. The van der Waals surface area contributed by atoms with Gasteiger partial charge < -0.3 is 4.84 Å². The van der Waals surface area contributed by atoms with E-state index in [-0.39, 0.29) is 12.4 Å². The number of benzene rings is 2. The van der Waals surface area contributed by atoms with E-state index in [0.717, 1.165) is 5.06 Å². The van der Waals surface area contributed by atoms with Crippen LogP contribution in [0.2, 0.25) is 10.0 Å². The van der Waals surface area contributed by atoms with Crippen LogP contribution in [0.5, 0.6) is 0 Å². The number of nitrogens with one attached hydrogen (secondary N) is 1. The van der Waals surface area contributed by atoms with Crippen molar-refractivity contribution in [3.05, 3.63) is 64.1 Å². The molecule has 2 amide bonds. The number of hydroxylamine groups is 2. The molecule has 0 aliphatic carbocycles. The molecule has 0 aliphatic heterocycles. The highest BCUT2D eigenvalue weighted by atomic mass is 35.5. The van der Waals surface area contributed by atoms with Crippen molar-refractivity contribution < 1.29 is 14.4 Å². The van der Waals surface area contributed by atoms with Crippen LogP contribution in [0.1, 0.15) is 19.4 Å². The van der Waals surface area contributed by atoms with Crippen molar-refractivity contribution in [1.82, 2.24) is 5.06 Å². The lowest BCUT2D eigenvalue weighted by molar-refractivity contribution is -0.176. The summed E-state index contributed by atoms with van der Waals surface area (Å²) in [4.78, 5) is 30.4. The Hall–Kier alpha value is -1.95. The summed E-state index contributed by atoms with van der Waals surface area (Å²) in [5.74, 6) is -0.396. The maximum absolute atomic E-state index is 12.8. The van der Waals surface area contributed by atoms with E-state index in [1.54, 1.807) is 62.4 Å². The van der Waals surface area contributed by atoms with E-state index in [1.165, 1.54) is 0 Å². The Labute approximate surface area is 173 Å². The number of amides is 2. The van der Waals surface area contributed by atoms with Crippen LogP contribution in [0.15, 0.2) is 48.5 Å². The molecule has 0 unspecified atom stereocenters. The van der Waals surface area contributed by atoms with Crippen LogP contribution < -0.4 is 5.32 Å². The van der Waals surface area contributed by atoms with Gasteiger partial charge in [0.25, 0.3) is 5.91 Å². The lowest BCUT2D eigenvalue weighted by atomic mass is 9.95. The van der Waals surface area contributed by atoms with Crippen molar-refractivity contribution in [3.63, 3.8) is 0 Å². The lowest BCUT2D eigenvalue weighted by Gasteiger charge is -2.29. The molecule has 0 aromatic heterocycles. The number of hydrogen-bond donors (Lipinski definition) is 1. The Morgan fingerprint density at radius 2 is 1.63 bits per heavy atom. The number of anilines is 1. The van der Waals surface area contributed by atoms with Crippen molar-refractivity contribution >= 4 is 52.5 Å². The van der Waals surface area contributed by atoms with E-state index >= 15 is 0 Å². The number of carbonyl (C=O) groups is 2. The third-order valence-electron chi connectivity index (χ3n) is 3.72. The largest absolute Gasteiger partial charge is 0.436 e. The molecule has 1 N–H and O–H groups in total. The Morgan fingerprint density at radius 3 is 2.22 bits per heavy atom. The van der Waals surface area contributed by atoms with Gasteiger partial charge in [0.1, 0.15) is 0 Å². The van der Waals surface area contributed by atoms with Gasteiger partial charge in [0.05, 0.1) is 22.7 Å². The van der Waals surface area contributed by atoms with Crippen LogP contribution in [0, 0.1) is 5.41 Å². The molecular weight excluding hydrogens is 411 g/mol. The molecule has 0 fully saturated rings. The van der Waals surface area contributed by atoms with Crippen LogP contribution in [0.25, 0.3) is 0 Å². The molecule has 144 valence electrons. The topological polar surface area (TPSA) is 58.6 Å². The summed E-state index contributed by atoms with van der Waals surface area (Å²) in [6.45, 7) is 3.31. The van der Waals surface area contributed by atoms with Crippen molar-refractivity contribution in [2.45, 2.75) is 20.4 Å². The maximum Gasteiger partial charge on any atom is 0.436 e. The zero-order chi connectivity index (χ0) is 20.0. The van der Waals surface area contributed by atoms with Crippen LogP contribution in [0.4, 0.5) is 10.5 Å². The van der Waals surface area contributed by atoms with Crippen molar-refractivity contribution in [2.24, 2.45) is 5.41 Å². The van der Waals surface area contributed by atoms with Gasteiger partial charge in [0.15, 0.2) is 0 Å². The summed E-state index contributed by atoms with van der Waals surface area (Å²) in [5, 5.41) is 4.27. The highest BCUT2D eigenvalue weighted by Crippen LogP contribution is 2.25. The van der Waals surface area contributed by atoms with E-state index in [1.807, 2.05) is 0 Å². The Kier molecular flexibility index (Phi) is 7.36. The van der Waals surface area contributed by atoms with Gasteiger partial charge in [0, 0.05) is 10.9 Å². The average molecular weight is 430 g/mol. The van der Waals surface area contributed by atoms with E-state index in [9.17, 15) is 9.59 Å². The molecule has 2 rings (SSSR count). The fraction of sp³-hybridized carbons (Fsp3) is 0.263. The first-order chi connectivity index (χ1) is 12.7. The van der Waals surface area contributed by atoms with Crippen LogP contribution in [-0.2, 0) is 16.2 Å². The molecule has 0 saturated carbocycles. The van der Waals surface area contributed by atoms with Crippen molar-refractivity contribution in [3.8, 4) is 0 Å². The second-order valence-corrected chi connectivity index (χ2v) is 7.52. The Morgan fingerprint density at radius 1 is 1.04 bits per heavy atom. The van der Waals surface area contributed by atoms with Crippen LogP contribution in [-0.4, -0.2) is 22.9 Å². The monoisotopic (exact) mass is 428 g/mol. The minimum Gasteiger partial charge on any atom is -0.318 e. The standard InChI is InChI=1S/C19H19Cl3N2O3/c1-19(2,12-20)17(25)24(11-13-7-3-4-8-14(13)21)27-18(26)23-16-10-6-5-9-15(16)22/h3-10H,11-12H2,1-2H3,(H,23,26). The Balaban J connectivity index is 2.21. The summed E-state index contributed by atoms with van der Waals surface area (Å²) in [7, 11) is 0. The molecule has 0 saturated heterocycles. The molecule has 8 heteroatoms. The zero-order valence-electron chi connectivity index (χ0n) is 14.8. The van der Waals surface area contributed by atoms with E-state index < -0.39 is 17.4 Å². The van der Waals surface area contributed by atoms with Gasteiger partial charge in [0.2, 0.25) is 0 Å². The molecule has 2 aromatic carbocycles. The number of hydrogen-bond acceptors (Lipinski definition) is 3. The fourth-order valence-corrected chi connectivity index (χ4v) is 2.61. The van der Waals surface area contributed by atoms with Crippen LogP contribution >= 0.6 is 34.8 Å². The van der Waals surface area contributed by atoms with Gasteiger partial charge >= 0.3 is 6.09 Å². The first kappa shape index (κ1) is 21.4. The number of carbonyl (C=O) groups excluding carboxylic acids is 2. The lowest BCUT2D eigenvalue weighted by Crippen LogP contribution is -2.43. The SMILES string of the molecule is CC(C)(CCl)C(=O)N(Cc1ccccc1Cl)OC(=O)Nc1ccccc1Cl. The highest BCUT2D eigenvalue weighted by Gasteiger charge is 2.34. The molecule has 2 aromatic rings. The third-order valence-corrected chi connectivity index (χ3v) is 5.08. The molecule has 27 heavy (non-hydrogen) atoms. The van der Waals surface area contributed by atoms with Crippen molar-refractivity contribution in [1.29, 1.82) is 0 Å². The van der Waals surface area contributed by atoms with Gasteiger partial charge in [-0.05, 0) is 37.6 Å². The summed E-state index contributed by atoms with van der Waals surface area (Å²) in [5.41, 5.74) is 0.0577. The summed E-state index contributed by atoms with van der Waals surface area (Å²) >= 11 is 18.1. The van der Waals surface area contributed by atoms with Gasteiger partial charge in [-0.25, -0.2) is 4.79 Å². The van der Waals surface area contributed by atoms with E-state index in [2.05, 4.69) is 5.32 Å². The second-order valence-electron chi connectivity index (χ2n) is 6.43. The van der Waals surface area contributed by atoms with E-state index in [4.69, 9.17) is 39.6 Å². The number of nitrogens with zero attached hydrogens (tertiary/aromatic N) is 1. The maximum atomic E-state index is 12.8. The summed E-state index contributed by atoms with van der Waals surface area (Å²) in [6, 6.07) is 13.7. The average Bonchev–Trinajstić information content (AvgIpc) is 2.64. The number of para-hydroxylation sites is 1. The predicted octanol–water partition coefficient (Wildman–Crippen LogP) is 5.75. The van der Waals surface area contributed by atoms with E-state index in [0.29, 0.717) is 21.3 Å².